The lowest BCUT2D eigenvalue weighted by atomic mass is 10.2. The Kier molecular flexibility index (Phi) is 6.57. The van der Waals surface area contributed by atoms with E-state index in [0.717, 1.165) is 35.5 Å². The topological polar surface area (TPSA) is 69.5 Å². The van der Waals surface area contributed by atoms with Crippen LogP contribution in [0.4, 0.5) is 0 Å². The number of nitrogens with one attached hydrogen (secondary N) is 2. The van der Waals surface area contributed by atoms with Crippen LogP contribution >= 0.6 is 11.3 Å². The highest BCUT2D eigenvalue weighted by molar-refractivity contribution is 7.19. The summed E-state index contributed by atoms with van der Waals surface area (Å²) in [6.45, 7) is 3.86. The summed E-state index contributed by atoms with van der Waals surface area (Å²) in [5.41, 5.74) is 1.04. The van der Waals surface area contributed by atoms with Gasteiger partial charge in [-0.05, 0) is 36.6 Å². The number of pyridine rings is 1. The average Bonchev–Trinajstić information content (AvgIpc) is 3.11. The van der Waals surface area contributed by atoms with E-state index in [1.807, 2.05) is 43.3 Å². The molecule has 0 spiro atoms. The molecule has 0 bridgehead atoms. The summed E-state index contributed by atoms with van der Waals surface area (Å²) < 4.78 is 1.19. The fourth-order valence-electron chi connectivity index (χ4n) is 2.63. The Balaban J connectivity index is 1.57. The number of aromatic nitrogens is 1. The first kappa shape index (κ1) is 18.4. The van der Waals surface area contributed by atoms with E-state index in [4.69, 9.17) is 0 Å². The number of fused-ring (bicyclic) bond motifs is 1. The molecule has 0 aliphatic carbocycles. The van der Waals surface area contributed by atoms with Crippen molar-refractivity contribution >= 4 is 27.4 Å². The van der Waals surface area contributed by atoms with E-state index < -0.39 is 6.10 Å². The summed E-state index contributed by atoms with van der Waals surface area (Å²) in [7, 11) is 0. The molecule has 0 aliphatic heterocycles. The smallest absolute Gasteiger partial charge is 0.191 e. The number of hydrogen-bond acceptors (Lipinski definition) is 4. The van der Waals surface area contributed by atoms with Gasteiger partial charge in [-0.15, -0.1) is 11.3 Å². The van der Waals surface area contributed by atoms with Crippen LogP contribution in [-0.2, 0) is 6.42 Å². The number of aliphatic hydroxyl groups excluding tert-OH is 1. The molecule has 3 N–H and O–H groups in total. The average molecular weight is 369 g/mol. The van der Waals surface area contributed by atoms with Crippen LogP contribution in [0.1, 0.15) is 23.6 Å². The first-order valence-electron chi connectivity index (χ1n) is 8.85. The molecule has 0 saturated heterocycles. The lowest BCUT2D eigenvalue weighted by Crippen LogP contribution is -2.38. The quantitative estimate of drug-likeness (QED) is 0.443. The van der Waals surface area contributed by atoms with Crippen LogP contribution < -0.4 is 10.6 Å². The second-order valence-corrected chi connectivity index (χ2v) is 7.04. The molecule has 1 atom stereocenters. The molecule has 5 nitrogen and oxygen atoms in total. The predicted molar refractivity (Wildman–Crippen MR) is 109 cm³/mol. The van der Waals surface area contributed by atoms with Gasteiger partial charge >= 0.3 is 0 Å². The van der Waals surface area contributed by atoms with Gasteiger partial charge in [-0.2, -0.15) is 0 Å². The zero-order valence-electron chi connectivity index (χ0n) is 14.9. The molecule has 26 heavy (non-hydrogen) atoms. The summed E-state index contributed by atoms with van der Waals surface area (Å²) in [5.74, 6) is 0.712. The molecular formula is C20H24N4OS. The fraction of sp³-hybridized carbons (Fsp3) is 0.300. The van der Waals surface area contributed by atoms with Crippen LogP contribution in [0.3, 0.4) is 0 Å². The van der Waals surface area contributed by atoms with Crippen molar-refractivity contribution in [1.82, 2.24) is 15.6 Å². The molecule has 0 aliphatic rings. The van der Waals surface area contributed by atoms with Crippen molar-refractivity contribution in [2.45, 2.75) is 19.4 Å². The van der Waals surface area contributed by atoms with Gasteiger partial charge < -0.3 is 15.7 Å². The molecule has 6 heteroatoms. The van der Waals surface area contributed by atoms with Crippen molar-refractivity contribution in [3.8, 4) is 0 Å². The van der Waals surface area contributed by atoms with Gasteiger partial charge in [0.15, 0.2) is 5.96 Å². The fourth-order valence-corrected chi connectivity index (χ4v) is 3.67. The SMILES string of the molecule is CCNC(=NCC(O)c1cc2ccccc2s1)NCCc1ccccn1. The highest BCUT2D eigenvalue weighted by atomic mass is 32.1. The molecule has 3 aromatic rings. The van der Waals surface area contributed by atoms with E-state index in [1.54, 1.807) is 17.5 Å². The second-order valence-electron chi connectivity index (χ2n) is 5.92. The summed E-state index contributed by atoms with van der Waals surface area (Å²) >= 11 is 1.62. The molecule has 1 aromatic carbocycles. The van der Waals surface area contributed by atoms with Crippen LogP contribution in [0.15, 0.2) is 59.7 Å². The van der Waals surface area contributed by atoms with Gasteiger partial charge in [-0.1, -0.05) is 24.3 Å². The van der Waals surface area contributed by atoms with Crippen molar-refractivity contribution in [2.75, 3.05) is 19.6 Å². The van der Waals surface area contributed by atoms with Gasteiger partial charge in [0, 0.05) is 41.0 Å². The number of rotatable bonds is 7. The van der Waals surface area contributed by atoms with E-state index in [-0.39, 0.29) is 0 Å². The Bertz CT molecular complexity index is 814. The van der Waals surface area contributed by atoms with Gasteiger partial charge in [0.2, 0.25) is 0 Å². The Labute approximate surface area is 157 Å². The summed E-state index contributed by atoms with van der Waals surface area (Å²) in [6.07, 6.45) is 2.03. The first-order chi connectivity index (χ1) is 12.8. The Morgan fingerprint density at radius 3 is 2.81 bits per heavy atom. The number of nitrogens with zero attached hydrogens (tertiary/aromatic N) is 2. The van der Waals surface area contributed by atoms with Gasteiger partial charge in [0.1, 0.15) is 6.10 Å². The zero-order chi connectivity index (χ0) is 18.2. The maximum atomic E-state index is 10.5. The lowest BCUT2D eigenvalue weighted by Gasteiger charge is -2.12. The molecule has 0 amide bonds. The molecule has 0 saturated carbocycles. The minimum Gasteiger partial charge on any atom is -0.386 e. The number of aliphatic hydroxyl groups is 1. The van der Waals surface area contributed by atoms with Crippen molar-refractivity contribution < 1.29 is 5.11 Å². The lowest BCUT2D eigenvalue weighted by molar-refractivity contribution is 0.191. The summed E-state index contributed by atoms with van der Waals surface area (Å²) in [4.78, 5) is 9.78. The number of guanidine groups is 1. The minimum atomic E-state index is -0.598. The second kappa shape index (κ2) is 9.31. The molecule has 3 rings (SSSR count). The summed E-state index contributed by atoms with van der Waals surface area (Å²) in [6, 6.07) is 16.1. The molecule has 2 aromatic heterocycles. The Morgan fingerprint density at radius 1 is 1.19 bits per heavy atom. The largest absolute Gasteiger partial charge is 0.386 e. The highest BCUT2D eigenvalue weighted by Gasteiger charge is 2.11. The standard InChI is InChI=1S/C20H24N4OS/c1-2-21-20(23-12-10-16-8-5-6-11-22-16)24-14-17(25)19-13-15-7-3-4-9-18(15)26-19/h3-9,11,13,17,25H,2,10,12,14H2,1H3,(H2,21,23,24). The van der Waals surface area contributed by atoms with Gasteiger partial charge in [0.25, 0.3) is 0 Å². The minimum absolute atomic E-state index is 0.325. The normalized spacial score (nSPS) is 12.9. The third-order valence-corrected chi connectivity index (χ3v) is 5.16. The monoisotopic (exact) mass is 368 g/mol. The third kappa shape index (κ3) is 5.03. The molecule has 0 radical (unpaired) electrons. The van der Waals surface area contributed by atoms with E-state index >= 15 is 0 Å². The molecule has 136 valence electrons. The predicted octanol–water partition coefficient (Wildman–Crippen LogP) is 3.13. The van der Waals surface area contributed by atoms with Crippen LogP contribution in [0.25, 0.3) is 10.1 Å². The van der Waals surface area contributed by atoms with Gasteiger partial charge in [0.05, 0.1) is 6.54 Å². The van der Waals surface area contributed by atoms with Gasteiger partial charge in [-0.3, -0.25) is 9.98 Å². The molecule has 1 unspecified atom stereocenters. The molecular weight excluding hydrogens is 344 g/mol. The molecule has 0 fully saturated rings. The number of thiophene rings is 1. The number of aliphatic imine (C=N–C) groups is 1. The molecule has 2 heterocycles. The van der Waals surface area contributed by atoms with Crippen molar-refractivity contribution in [1.29, 1.82) is 0 Å². The van der Waals surface area contributed by atoms with E-state index in [0.29, 0.717) is 12.5 Å². The Hall–Kier alpha value is -2.44. The van der Waals surface area contributed by atoms with E-state index in [9.17, 15) is 5.11 Å². The van der Waals surface area contributed by atoms with Crippen molar-refractivity contribution in [3.05, 3.63) is 65.3 Å². The van der Waals surface area contributed by atoms with Crippen LogP contribution in [-0.4, -0.2) is 35.7 Å². The van der Waals surface area contributed by atoms with Crippen LogP contribution in [0.2, 0.25) is 0 Å². The van der Waals surface area contributed by atoms with E-state index in [1.165, 1.54) is 4.70 Å². The van der Waals surface area contributed by atoms with Crippen molar-refractivity contribution in [2.24, 2.45) is 4.99 Å². The maximum Gasteiger partial charge on any atom is 0.191 e. The maximum absolute atomic E-state index is 10.5. The van der Waals surface area contributed by atoms with Gasteiger partial charge in [-0.25, -0.2) is 0 Å². The van der Waals surface area contributed by atoms with Crippen LogP contribution in [0, 0.1) is 0 Å². The zero-order valence-corrected chi connectivity index (χ0v) is 15.7. The summed E-state index contributed by atoms with van der Waals surface area (Å²) in [5, 5.41) is 18.1. The highest BCUT2D eigenvalue weighted by Crippen LogP contribution is 2.29. The number of hydrogen-bond donors (Lipinski definition) is 3. The van der Waals surface area contributed by atoms with Crippen LogP contribution in [0.5, 0.6) is 0 Å². The van der Waals surface area contributed by atoms with Crippen molar-refractivity contribution in [3.63, 3.8) is 0 Å². The number of benzene rings is 1. The first-order valence-corrected chi connectivity index (χ1v) is 9.66. The third-order valence-electron chi connectivity index (χ3n) is 3.94. The van der Waals surface area contributed by atoms with E-state index in [2.05, 4.69) is 32.7 Å². The Morgan fingerprint density at radius 2 is 2.04 bits per heavy atom.